The number of ketones is 1. The van der Waals surface area contributed by atoms with Crippen LogP contribution in [0.5, 0.6) is 0 Å². The highest BCUT2D eigenvalue weighted by Gasteiger charge is 2.58. The lowest BCUT2D eigenvalue weighted by Gasteiger charge is -2.56. The Morgan fingerprint density at radius 1 is 1.06 bits per heavy atom. The molecule has 0 N–H and O–H groups in total. The summed E-state index contributed by atoms with van der Waals surface area (Å²) in [5.41, 5.74) is 0.970. The summed E-state index contributed by atoms with van der Waals surface area (Å²) >= 11 is 0. The quantitative estimate of drug-likeness (QED) is 0.533. The van der Waals surface area contributed by atoms with Crippen molar-refractivity contribution < 1.29 is 9.18 Å². The number of fused-ring (bicyclic) bond motifs is 5. The Morgan fingerprint density at radius 3 is 2.68 bits per heavy atom. The maximum Gasteiger partial charge on any atom is 0.155 e. The Morgan fingerprint density at radius 2 is 1.87 bits per heavy atom. The van der Waals surface area contributed by atoms with E-state index in [1.165, 1.54) is 63.5 Å². The van der Waals surface area contributed by atoms with Crippen molar-refractivity contribution in [1.82, 2.24) is 0 Å². The van der Waals surface area contributed by atoms with Gasteiger partial charge in [0, 0.05) is 18.7 Å². The number of likely N-dealkylation sites (N-methyl/N-ethyl adjacent to an activating group) is 1. The minimum Gasteiger partial charge on any atom is -0.367 e. The average molecular weight is 426 g/mol. The fraction of sp³-hybridized carbons (Fsp3) is 0.750. The number of Topliss-reactive ketones (excluding diaryl/α,β-unsaturated/α-hetero) is 1. The van der Waals surface area contributed by atoms with Crippen molar-refractivity contribution in [2.24, 2.45) is 46.8 Å². The van der Waals surface area contributed by atoms with Gasteiger partial charge in [-0.05, 0) is 110 Å². The van der Waals surface area contributed by atoms with Crippen LogP contribution in [0.1, 0.15) is 71.6 Å². The standard InChI is InChI=1S/C28H40FNO/c1-18-7-9-22-19(15-18)8-10-24-23(22)13-14-28(2)25(24)11-12-26(28)27(31)17-30(3)21-6-4-5-20(29)16-21/h4-6,16,18-19,22-26H,7-15,17H2,1-3H3/t18?,19?,22?,23?,24?,25?,26?,28-/m0/s1. The SMILES string of the molecule is CC1CCC2C(CCC3C2CC[C@]2(C)C(C(=O)CN(C)c4cccc(F)c4)CCC32)C1. The minimum atomic E-state index is -0.240. The first kappa shape index (κ1) is 21.5. The van der Waals surface area contributed by atoms with Gasteiger partial charge >= 0.3 is 0 Å². The highest BCUT2D eigenvalue weighted by molar-refractivity contribution is 5.86. The first-order chi connectivity index (χ1) is 14.9. The molecule has 4 aliphatic rings. The third-order valence-corrected chi connectivity index (χ3v) is 10.2. The zero-order valence-corrected chi connectivity index (χ0v) is 19.7. The topological polar surface area (TPSA) is 20.3 Å². The summed E-state index contributed by atoms with van der Waals surface area (Å²) in [6.45, 7) is 5.29. The molecule has 1 aromatic carbocycles. The van der Waals surface area contributed by atoms with Crippen LogP contribution in [0, 0.1) is 52.7 Å². The van der Waals surface area contributed by atoms with Crippen molar-refractivity contribution in [3.8, 4) is 0 Å². The number of anilines is 1. The summed E-state index contributed by atoms with van der Waals surface area (Å²) in [5.74, 6) is 5.70. The summed E-state index contributed by atoms with van der Waals surface area (Å²) in [7, 11) is 1.92. The fourth-order valence-electron chi connectivity index (χ4n) is 8.77. The molecule has 7 unspecified atom stereocenters. The summed E-state index contributed by atoms with van der Waals surface area (Å²) in [6.07, 6.45) is 12.1. The Labute approximate surface area is 188 Å². The lowest BCUT2D eigenvalue weighted by molar-refractivity contribution is -0.129. The van der Waals surface area contributed by atoms with E-state index in [-0.39, 0.29) is 17.2 Å². The lowest BCUT2D eigenvalue weighted by atomic mass is 9.49. The van der Waals surface area contributed by atoms with Gasteiger partial charge in [0.15, 0.2) is 5.78 Å². The van der Waals surface area contributed by atoms with Gasteiger partial charge in [-0.3, -0.25) is 4.79 Å². The average Bonchev–Trinajstić information content (AvgIpc) is 3.10. The normalized spacial score (nSPS) is 41.7. The molecule has 0 saturated heterocycles. The first-order valence-corrected chi connectivity index (χ1v) is 12.9. The molecule has 0 aliphatic heterocycles. The van der Waals surface area contributed by atoms with Gasteiger partial charge in [-0.15, -0.1) is 0 Å². The van der Waals surface area contributed by atoms with E-state index in [0.29, 0.717) is 12.3 Å². The molecule has 3 heteroatoms. The van der Waals surface area contributed by atoms with Crippen molar-refractivity contribution in [1.29, 1.82) is 0 Å². The molecule has 0 radical (unpaired) electrons. The number of carbonyl (C=O) groups excluding carboxylic acids is 1. The second-order valence-electron chi connectivity index (χ2n) is 11.8. The van der Waals surface area contributed by atoms with E-state index in [4.69, 9.17) is 0 Å². The monoisotopic (exact) mass is 425 g/mol. The largest absolute Gasteiger partial charge is 0.367 e. The number of benzene rings is 1. The van der Waals surface area contributed by atoms with Crippen LogP contribution in [0.25, 0.3) is 0 Å². The van der Waals surface area contributed by atoms with Gasteiger partial charge in [0.05, 0.1) is 6.54 Å². The van der Waals surface area contributed by atoms with Crippen molar-refractivity contribution in [3.05, 3.63) is 30.1 Å². The van der Waals surface area contributed by atoms with E-state index in [1.807, 2.05) is 18.0 Å². The second kappa shape index (κ2) is 8.19. The van der Waals surface area contributed by atoms with E-state index in [9.17, 15) is 9.18 Å². The molecule has 5 rings (SSSR count). The molecule has 4 saturated carbocycles. The van der Waals surface area contributed by atoms with Crippen molar-refractivity contribution in [3.63, 3.8) is 0 Å². The number of halogens is 1. The number of hydrogen-bond acceptors (Lipinski definition) is 2. The number of hydrogen-bond donors (Lipinski definition) is 0. The molecule has 0 amide bonds. The molecule has 8 atom stereocenters. The Hall–Kier alpha value is -1.38. The Kier molecular flexibility index (Phi) is 5.67. The van der Waals surface area contributed by atoms with E-state index in [2.05, 4.69) is 13.8 Å². The summed E-state index contributed by atoms with van der Waals surface area (Å²) < 4.78 is 13.6. The maximum atomic E-state index is 13.6. The van der Waals surface area contributed by atoms with Crippen LogP contribution in [0.15, 0.2) is 24.3 Å². The van der Waals surface area contributed by atoms with Crippen molar-refractivity contribution >= 4 is 11.5 Å². The zero-order chi connectivity index (χ0) is 21.8. The summed E-state index contributed by atoms with van der Waals surface area (Å²) in [4.78, 5) is 15.4. The first-order valence-electron chi connectivity index (χ1n) is 12.9. The molecule has 1 aromatic rings. The molecule has 0 spiro atoms. The Bertz CT molecular complexity index is 823. The van der Waals surface area contributed by atoms with Gasteiger partial charge in [-0.1, -0.05) is 26.3 Å². The third-order valence-electron chi connectivity index (χ3n) is 10.2. The molecule has 2 nitrogen and oxygen atoms in total. The van der Waals surface area contributed by atoms with Crippen LogP contribution in [-0.4, -0.2) is 19.4 Å². The highest BCUT2D eigenvalue weighted by atomic mass is 19.1. The second-order valence-corrected chi connectivity index (χ2v) is 11.8. The molecular formula is C28H40FNO. The lowest BCUT2D eigenvalue weighted by Crippen LogP contribution is -2.50. The van der Waals surface area contributed by atoms with Gasteiger partial charge in [0.25, 0.3) is 0 Å². The Balaban J connectivity index is 1.28. The molecular weight excluding hydrogens is 385 g/mol. The molecule has 0 bridgehead atoms. The van der Waals surface area contributed by atoms with Gasteiger partial charge in [-0.25, -0.2) is 4.39 Å². The molecule has 31 heavy (non-hydrogen) atoms. The van der Waals surface area contributed by atoms with E-state index in [1.54, 1.807) is 6.07 Å². The maximum absolute atomic E-state index is 13.6. The van der Waals surface area contributed by atoms with E-state index in [0.717, 1.165) is 47.6 Å². The van der Waals surface area contributed by atoms with E-state index < -0.39 is 0 Å². The van der Waals surface area contributed by atoms with Gasteiger partial charge in [0.1, 0.15) is 5.82 Å². The van der Waals surface area contributed by atoms with Crippen LogP contribution >= 0.6 is 0 Å². The smallest absolute Gasteiger partial charge is 0.155 e. The van der Waals surface area contributed by atoms with Gasteiger partial charge in [0.2, 0.25) is 0 Å². The third kappa shape index (κ3) is 3.74. The molecule has 4 fully saturated rings. The van der Waals surface area contributed by atoms with Crippen LogP contribution in [0.3, 0.4) is 0 Å². The highest BCUT2D eigenvalue weighted by Crippen LogP contribution is 2.64. The summed E-state index contributed by atoms with van der Waals surface area (Å²) in [6, 6.07) is 6.61. The van der Waals surface area contributed by atoms with Gasteiger partial charge in [-0.2, -0.15) is 0 Å². The van der Waals surface area contributed by atoms with Crippen molar-refractivity contribution in [2.75, 3.05) is 18.5 Å². The van der Waals surface area contributed by atoms with Crippen LogP contribution in [0.4, 0.5) is 10.1 Å². The zero-order valence-electron chi connectivity index (χ0n) is 19.7. The molecule has 4 aliphatic carbocycles. The molecule has 170 valence electrons. The van der Waals surface area contributed by atoms with E-state index >= 15 is 0 Å². The molecule has 0 aromatic heterocycles. The number of carbonyl (C=O) groups is 1. The van der Waals surface area contributed by atoms with Crippen molar-refractivity contribution in [2.45, 2.75) is 71.6 Å². The minimum absolute atomic E-state index is 0.176. The van der Waals surface area contributed by atoms with Crippen LogP contribution < -0.4 is 4.90 Å². The predicted octanol–water partition coefficient (Wildman–Crippen LogP) is 6.74. The predicted molar refractivity (Wildman–Crippen MR) is 124 cm³/mol. The number of rotatable bonds is 4. The van der Waals surface area contributed by atoms with Crippen LogP contribution in [-0.2, 0) is 4.79 Å². The van der Waals surface area contributed by atoms with Gasteiger partial charge < -0.3 is 4.90 Å². The number of nitrogens with zero attached hydrogens (tertiary/aromatic N) is 1. The fourth-order valence-corrected chi connectivity index (χ4v) is 8.77. The molecule has 0 heterocycles. The summed E-state index contributed by atoms with van der Waals surface area (Å²) in [5, 5.41) is 0. The van der Waals surface area contributed by atoms with Crippen LogP contribution in [0.2, 0.25) is 0 Å².